The molecule has 1 amide bonds. The molecule has 2 N–H and O–H groups in total. The van der Waals surface area contributed by atoms with Gasteiger partial charge < -0.3 is 9.84 Å². The number of carbonyl (C=O) groups excluding carboxylic acids is 1. The number of carbonyl (C=O) groups is 1. The Bertz CT molecular complexity index is 547. The molecule has 0 aliphatic heterocycles. The lowest BCUT2D eigenvalue weighted by Gasteiger charge is -2.10. The van der Waals surface area contributed by atoms with Crippen molar-refractivity contribution in [3.8, 4) is 0 Å². The van der Waals surface area contributed by atoms with Crippen molar-refractivity contribution in [2.75, 3.05) is 5.75 Å². The van der Waals surface area contributed by atoms with Crippen molar-refractivity contribution in [2.24, 2.45) is 0 Å². The Labute approximate surface area is 120 Å². The van der Waals surface area contributed by atoms with Crippen LogP contribution < -0.4 is 5.32 Å². The Balaban J connectivity index is 1.76. The van der Waals surface area contributed by atoms with Gasteiger partial charge in [0.2, 0.25) is 5.91 Å². The highest BCUT2D eigenvalue weighted by molar-refractivity contribution is 7.99. The Morgan fingerprint density at radius 1 is 1.55 bits per heavy atom. The first-order valence-electron chi connectivity index (χ1n) is 6.22. The molecule has 2 aromatic rings. The molecule has 0 saturated carbocycles. The maximum atomic E-state index is 11.8. The third-order valence-corrected chi connectivity index (χ3v) is 3.84. The molecular formula is C12H17N5O2S. The van der Waals surface area contributed by atoms with Crippen molar-refractivity contribution < 1.29 is 9.32 Å². The van der Waals surface area contributed by atoms with Crippen LogP contribution in [-0.2, 0) is 10.5 Å². The lowest BCUT2D eigenvalue weighted by molar-refractivity contribution is -0.119. The average Bonchev–Trinajstić information content (AvgIpc) is 3.03. The van der Waals surface area contributed by atoms with Crippen molar-refractivity contribution in [1.82, 2.24) is 25.7 Å². The van der Waals surface area contributed by atoms with Gasteiger partial charge in [0.15, 0.2) is 0 Å². The monoisotopic (exact) mass is 295 g/mol. The molecular weight excluding hydrogens is 278 g/mol. The van der Waals surface area contributed by atoms with Gasteiger partial charge in [0, 0.05) is 11.3 Å². The fourth-order valence-electron chi connectivity index (χ4n) is 1.73. The Morgan fingerprint density at radius 2 is 2.35 bits per heavy atom. The minimum absolute atomic E-state index is 0.0364. The summed E-state index contributed by atoms with van der Waals surface area (Å²) in [4.78, 5) is 15.8. The Morgan fingerprint density at radius 3 is 2.95 bits per heavy atom. The molecule has 0 saturated heterocycles. The predicted octanol–water partition coefficient (Wildman–Crippen LogP) is 1.52. The summed E-state index contributed by atoms with van der Waals surface area (Å²) >= 11 is 1.53. The number of thioether (sulfide) groups is 1. The number of aromatic nitrogens is 4. The molecule has 0 aliphatic rings. The zero-order valence-electron chi connectivity index (χ0n) is 11.6. The maximum Gasteiger partial charge on any atom is 0.230 e. The third kappa shape index (κ3) is 3.60. The number of aryl methyl sites for hydroxylation is 2. The van der Waals surface area contributed by atoms with Crippen LogP contribution in [-0.4, -0.2) is 32.0 Å². The lowest BCUT2D eigenvalue weighted by atomic mass is 10.2. The van der Waals surface area contributed by atoms with Crippen LogP contribution in [0.5, 0.6) is 0 Å². The molecule has 1 atom stereocenters. The number of amides is 1. The third-order valence-electron chi connectivity index (χ3n) is 2.88. The van der Waals surface area contributed by atoms with E-state index in [9.17, 15) is 4.79 Å². The van der Waals surface area contributed by atoms with E-state index in [4.69, 9.17) is 4.52 Å². The molecule has 2 aromatic heterocycles. The van der Waals surface area contributed by atoms with Gasteiger partial charge in [0.1, 0.15) is 17.9 Å². The molecule has 8 heteroatoms. The first-order chi connectivity index (χ1) is 9.58. The highest BCUT2D eigenvalue weighted by Crippen LogP contribution is 2.19. The highest BCUT2D eigenvalue weighted by Gasteiger charge is 2.13. The molecule has 7 nitrogen and oxygen atoms in total. The van der Waals surface area contributed by atoms with Crippen molar-refractivity contribution >= 4 is 17.7 Å². The normalized spacial score (nSPS) is 12.3. The summed E-state index contributed by atoms with van der Waals surface area (Å²) in [6.45, 7) is 5.64. The van der Waals surface area contributed by atoms with E-state index in [1.807, 2.05) is 20.8 Å². The van der Waals surface area contributed by atoms with Gasteiger partial charge in [-0.1, -0.05) is 5.16 Å². The summed E-state index contributed by atoms with van der Waals surface area (Å²) in [7, 11) is 0. The minimum atomic E-state index is -0.176. The topological polar surface area (TPSA) is 96.7 Å². The van der Waals surface area contributed by atoms with E-state index in [0.29, 0.717) is 17.3 Å². The molecule has 0 spiro atoms. The van der Waals surface area contributed by atoms with Gasteiger partial charge >= 0.3 is 0 Å². The van der Waals surface area contributed by atoms with E-state index in [2.05, 4.69) is 25.7 Å². The molecule has 0 fully saturated rings. The van der Waals surface area contributed by atoms with Crippen molar-refractivity contribution in [3.05, 3.63) is 29.2 Å². The number of rotatable bonds is 6. The number of hydrogen-bond donors (Lipinski definition) is 2. The molecule has 0 aromatic carbocycles. The zero-order valence-corrected chi connectivity index (χ0v) is 12.5. The first kappa shape index (κ1) is 14.6. The maximum absolute atomic E-state index is 11.8. The van der Waals surface area contributed by atoms with E-state index in [1.165, 1.54) is 18.1 Å². The fraction of sp³-hybridized carbons (Fsp3) is 0.500. The molecule has 108 valence electrons. The van der Waals surface area contributed by atoms with E-state index < -0.39 is 0 Å². The summed E-state index contributed by atoms with van der Waals surface area (Å²) in [5.41, 5.74) is 1.94. The number of hydrogen-bond acceptors (Lipinski definition) is 6. The smallest absolute Gasteiger partial charge is 0.230 e. The summed E-state index contributed by atoms with van der Waals surface area (Å²) < 4.78 is 5.08. The average molecular weight is 295 g/mol. The van der Waals surface area contributed by atoms with Gasteiger partial charge in [-0.3, -0.25) is 9.89 Å². The lowest BCUT2D eigenvalue weighted by Crippen LogP contribution is -2.28. The largest absolute Gasteiger partial charge is 0.361 e. The number of nitrogens with zero attached hydrogens (tertiary/aromatic N) is 3. The van der Waals surface area contributed by atoms with Crippen molar-refractivity contribution in [3.63, 3.8) is 0 Å². The zero-order chi connectivity index (χ0) is 14.5. The van der Waals surface area contributed by atoms with Gasteiger partial charge in [0.05, 0.1) is 17.5 Å². The van der Waals surface area contributed by atoms with E-state index in [0.717, 1.165) is 17.0 Å². The number of H-pyrrole nitrogens is 1. The van der Waals surface area contributed by atoms with Crippen molar-refractivity contribution in [1.29, 1.82) is 0 Å². The standard InChI is InChI=1S/C12H17N5O2S/c1-7-10(9(3)19-17-7)4-20-5-11(18)15-8(2)12-13-6-14-16-12/h6,8H,4-5H2,1-3H3,(H,15,18)(H,13,14,16). The number of nitrogens with one attached hydrogen (secondary N) is 2. The van der Waals surface area contributed by atoms with Crippen LogP contribution in [0, 0.1) is 13.8 Å². The molecule has 0 radical (unpaired) electrons. The molecule has 2 heterocycles. The van der Waals surface area contributed by atoms with Gasteiger partial charge in [-0.05, 0) is 20.8 Å². The first-order valence-corrected chi connectivity index (χ1v) is 7.37. The van der Waals surface area contributed by atoms with E-state index in [1.54, 1.807) is 0 Å². The van der Waals surface area contributed by atoms with Gasteiger partial charge in [-0.15, -0.1) is 11.8 Å². The molecule has 1 unspecified atom stereocenters. The second-order valence-electron chi connectivity index (χ2n) is 4.46. The Hall–Kier alpha value is -1.83. The summed E-state index contributed by atoms with van der Waals surface area (Å²) in [5.74, 6) is 2.51. The SMILES string of the molecule is Cc1noc(C)c1CSCC(=O)NC(C)c1ncn[nH]1. The second-order valence-corrected chi connectivity index (χ2v) is 5.44. The van der Waals surface area contributed by atoms with Crippen LogP contribution in [0.3, 0.4) is 0 Å². The van der Waals surface area contributed by atoms with Crippen LogP contribution in [0.2, 0.25) is 0 Å². The van der Waals surface area contributed by atoms with Crippen LogP contribution in [0.1, 0.15) is 35.8 Å². The van der Waals surface area contributed by atoms with E-state index in [-0.39, 0.29) is 11.9 Å². The van der Waals surface area contributed by atoms with Crippen molar-refractivity contribution in [2.45, 2.75) is 32.6 Å². The van der Waals surface area contributed by atoms with Gasteiger partial charge in [-0.2, -0.15) is 5.10 Å². The number of aromatic amines is 1. The summed E-state index contributed by atoms with van der Waals surface area (Å²) in [5, 5.41) is 13.2. The highest BCUT2D eigenvalue weighted by atomic mass is 32.2. The minimum Gasteiger partial charge on any atom is -0.361 e. The summed E-state index contributed by atoms with van der Waals surface area (Å²) in [6, 6.07) is -0.176. The van der Waals surface area contributed by atoms with Gasteiger partial charge in [-0.25, -0.2) is 4.98 Å². The Kier molecular flexibility index (Phi) is 4.78. The van der Waals surface area contributed by atoms with Crippen LogP contribution >= 0.6 is 11.8 Å². The van der Waals surface area contributed by atoms with Crippen LogP contribution in [0.25, 0.3) is 0 Å². The molecule has 0 bridgehead atoms. The molecule has 0 aliphatic carbocycles. The summed E-state index contributed by atoms with van der Waals surface area (Å²) in [6.07, 6.45) is 1.42. The molecule has 2 rings (SSSR count). The van der Waals surface area contributed by atoms with E-state index >= 15 is 0 Å². The van der Waals surface area contributed by atoms with Gasteiger partial charge in [0.25, 0.3) is 0 Å². The molecule has 20 heavy (non-hydrogen) atoms. The predicted molar refractivity (Wildman–Crippen MR) is 75.1 cm³/mol. The quantitative estimate of drug-likeness (QED) is 0.838. The second kappa shape index (κ2) is 6.56. The van der Waals surface area contributed by atoms with Crippen LogP contribution in [0.15, 0.2) is 10.9 Å². The fourth-order valence-corrected chi connectivity index (χ4v) is 2.72. The van der Waals surface area contributed by atoms with Crippen LogP contribution in [0.4, 0.5) is 0 Å².